The van der Waals surface area contributed by atoms with Crippen molar-refractivity contribution in [2.24, 2.45) is 5.18 Å². The van der Waals surface area contributed by atoms with Crippen LogP contribution in [0, 0.1) is 16.2 Å². The summed E-state index contributed by atoms with van der Waals surface area (Å²) in [6, 6.07) is 10.8. The maximum Gasteiger partial charge on any atom is 0.317 e. The number of nitrogens with zero attached hydrogens (tertiary/aromatic N) is 3. The van der Waals surface area contributed by atoms with Gasteiger partial charge in [0.15, 0.2) is 0 Å². The number of allylic oxidation sites excluding steroid dienone is 3. The normalized spacial score (nSPS) is 11.7. The number of nitroso groups, excluding NO2 is 1. The van der Waals surface area contributed by atoms with E-state index in [9.17, 15) is 9.70 Å². The fourth-order valence-corrected chi connectivity index (χ4v) is 2.18. The molecule has 1 N–H and O–H groups in total. The molecule has 2 rings (SSSR count). The number of carbonyl (C=O) groups excluding carboxylic acids is 1. The van der Waals surface area contributed by atoms with E-state index in [1.807, 2.05) is 0 Å². The van der Waals surface area contributed by atoms with Crippen LogP contribution in [0.1, 0.15) is 18.2 Å². The van der Waals surface area contributed by atoms with Crippen molar-refractivity contribution in [1.29, 1.82) is 5.26 Å². The Balaban J connectivity index is 2.51. The monoisotopic (exact) mass is 318 g/mol. The molecule has 0 bridgehead atoms. The Morgan fingerprint density at radius 3 is 2.62 bits per heavy atom. The largest absolute Gasteiger partial charge is 0.317 e. The molecule has 1 aromatic carbocycles. The van der Waals surface area contributed by atoms with Crippen molar-refractivity contribution in [3.05, 3.63) is 76.9 Å². The van der Waals surface area contributed by atoms with Crippen LogP contribution in [-0.4, -0.2) is 16.1 Å². The third-order valence-electron chi connectivity index (χ3n) is 3.32. The summed E-state index contributed by atoms with van der Waals surface area (Å²) < 4.78 is 0. The lowest BCUT2D eigenvalue weighted by Gasteiger charge is -2.02. The minimum atomic E-state index is -0.896. The van der Waals surface area contributed by atoms with Gasteiger partial charge in [-0.3, -0.25) is 9.89 Å². The van der Waals surface area contributed by atoms with E-state index in [-0.39, 0.29) is 5.57 Å². The predicted octanol–water partition coefficient (Wildman–Crippen LogP) is 3.76. The van der Waals surface area contributed by atoms with Gasteiger partial charge in [0, 0.05) is 16.3 Å². The fourth-order valence-electron chi connectivity index (χ4n) is 2.18. The zero-order chi connectivity index (χ0) is 17.5. The second kappa shape index (κ2) is 7.61. The number of hydrogen-bond donors (Lipinski definition) is 1. The Morgan fingerprint density at radius 2 is 2.08 bits per heavy atom. The van der Waals surface area contributed by atoms with Crippen LogP contribution < -0.4 is 0 Å². The molecule has 0 aliphatic rings. The summed E-state index contributed by atoms with van der Waals surface area (Å²) in [7, 11) is 0. The molecule has 0 aliphatic carbocycles. The molecule has 1 aromatic heterocycles. The molecule has 0 saturated carbocycles. The van der Waals surface area contributed by atoms with Crippen molar-refractivity contribution in [2.45, 2.75) is 6.92 Å². The van der Waals surface area contributed by atoms with E-state index < -0.39 is 5.91 Å². The van der Waals surface area contributed by atoms with E-state index in [0.29, 0.717) is 22.5 Å². The molecule has 0 aliphatic heterocycles. The van der Waals surface area contributed by atoms with Gasteiger partial charge in [0.1, 0.15) is 0 Å². The number of aromatic amines is 1. The van der Waals surface area contributed by atoms with Gasteiger partial charge in [0.2, 0.25) is 0 Å². The van der Waals surface area contributed by atoms with Crippen molar-refractivity contribution in [3.63, 3.8) is 0 Å². The van der Waals surface area contributed by atoms with Gasteiger partial charge in [-0.15, -0.1) is 4.91 Å². The summed E-state index contributed by atoms with van der Waals surface area (Å²) >= 11 is 0. The Hall–Kier alpha value is -3.59. The van der Waals surface area contributed by atoms with Crippen LogP contribution in [0.4, 0.5) is 0 Å². The van der Waals surface area contributed by atoms with E-state index in [1.54, 1.807) is 49.4 Å². The van der Waals surface area contributed by atoms with Crippen molar-refractivity contribution in [3.8, 4) is 17.3 Å². The number of H-pyrrole nitrogens is 1. The lowest BCUT2D eigenvalue weighted by molar-refractivity contribution is -0.114. The highest BCUT2D eigenvalue weighted by Gasteiger charge is 2.15. The molecule has 0 unspecified atom stereocenters. The summed E-state index contributed by atoms with van der Waals surface area (Å²) in [5.74, 6) is -0.896. The van der Waals surface area contributed by atoms with Crippen LogP contribution in [-0.2, 0) is 4.79 Å². The van der Waals surface area contributed by atoms with Gasteiger partial charge in [-0.05, 0) is 25.1 Å². The topological polar surface area (TPSA) is 99.0 Å². The molecule has 118 valence electrons. The van der Waals surface area contributed by atoms with Gasteiger partial charge in [-0.2, -0.15) is 10.4 Å². The first-order chi connectivity index (χ1) is 11.6. The molecule has 6 heteroatoms. The molecule has 0 atom stereocenters. The zero-order valence-electron chi connectivity index (χ0n) is 13.0. The molecule has 0 spiro atoms. The number of nitrogens with one attached hydrogen (secondary N) is 1. The first-order valence-corrected chi connectivity index (χ1v) is 7.08. The smallest absolute Gasteiger partial charge is 0.277 e. The number of amides is 1. The number of carbonyl (C=O) groups is 1. The molecular formula is C18H14N4O2. The summed E-state index contributed by atoms with van der Waals surface area (Å²) in [6.07, 6.45) is 4.70. The number of aromatic nitrogens is 2. The van der Waals surface area contributed by atoms with E-state index >= 15 is 0 Å². The quantitative estimate of drug-likeness (QED) is 0.515. The van der Waals surface area contributed by atoms with Gasteiger partial charge in [0.05, 0.1) is 28.6 Å². The van der Waals surface area contributed by atoms with E-state index in [4.69, 9.17) is 5.26 Å². The lowest BCUT2D eigenvalue weighted by Crippen LogP contribution is -1.99. The summed E-state index contributed by atoms with van der Waals surface area (Å²) in [4.78, 5) is 22.2. The molecule has 1 heterocycles. The molecule has 24 heavy (non-hydrogen) atoms. The first kappa shape index (κ1) is 16.8. The van der Waals surface area contributed by atoms with Crippen molar-refractivity contribution >= 4 is 11.5 Å². The minimum Gasteiger partial charge on any atom is -0.277 e. The highest BCUT2D eigenvalue weighted by atomic mass is 16.3. The standard InChI is InChI=1S/C18H14N4O2/c1-3-5-15(14(4-2)18(23)22-24)17-10-16(20-21-17)13-8-6-12(11-19)7-9-13/h3-10H,2H2,1H3,(H,20,21)/b5-3-,15-14-. The fraction of sp³-hybridized carbons (Fsp3) is 0.0556. The molecular weight excluding hydrogens is 304 g/mol. The number of rotatable bonds is 5. The van der Waals surface area contributed by atoms with Crippen LogP contribution in [0.5, 0.6) is 0 Å². The maximum absolute atomic E-state index is 11.7. The summed E-state index contributed by atoms with van der Waals surface area (Å²) in [5.41, 5.74) is 3.14. The third kappa shape index (κ3) is 3.42. The van der Waals surface area contributed by atoms with Crippen LogP contribution in [0.3, 0.4) is 0 Å². The molecule has 1 amide bonds. The van der Waals surface area contributed by atoms with Gasteiger partial charge in [-0.25, -0.2) is 0 Å². The second-order valence-electron chi connectivity index (χ2n) is 4.78. The molecule has 0 fully saturated rings. The first-order valence-electron chi connectivity index (χ1n) is 7.08. The Bertz CT molecular complexity index is 880. The van der Waals surface area contributed by atoms with Crippen molar-refractivity contribution in [2.75, 3.05) is 0 Å². The second-order valence-corrected chi connectivity index (χ2v) is 4.78. The summed E-state index contributed by atoms with van der Waals surface area (Å²) in [5, 5.41) is 18.4. The number of benzene rings is 1. The lowest BCUT2D eigenvalue weighted by atomic mass is 10.0. The average molecular weight is 318 g/mol. The Labute approximate surface area is 138 Å². The van der Waals surface area contributed by atoms with Crippen molar-refractivity contribution in [1.82, 2.24) is 10.2 Å². The predicted molar refractivity (Wildman–Crippen MR) is 91.5 cm³/mol. The van der Waals surface area contributed by atoms with E-state index in [0.717, 1.165) is 5.56 Å². The number of hydrogen-bond acceptors (Lipinski definition) is 4. The zero-order valence-corrected chi connectivity index (χ0v) is 13.0. The molecule has 0 saturated heterocycles. The number of nitriles is 1. The Kier molecular flexibility index (Phi) is 5.32. The minimum absolute atomic E-state index is 0.0955. The Morgan fingerprint density at radius 1 is 1.38 bits per heavy atom. The molecule has 6 nitrogen and oxygen atoms in total. The van der Waals surface area contributed by atoms with Crippen LogP contribution >= 0.6 is 0 Å². The van der Waals surface area contributed by atoms with Crippen molar-refractivity contribution < 1.29 is 4.79 Å². The van der Waals surface area contributed by atoms with Gasteiger partial charge >= 0.3 is 5.91 Å². The van der Waals surface area contributed by atoms with E-state index in [1.165, 1.54) is 6.08 Å². The molecule has 0 radical (unpaired) electrons. The van der Waals surface area contributed by atoms with Gasteiger partial charge < -0.3 is 0 Å². The maximum atomic E-state index is 11.7. The van der Waals surface area contributed by atoms with Gasteiger partial charge in [0.25, 0.3) is 0 Å². The highest BCUT2D eigenvalue weighted by molar-refractivity contribution is 6.05. The van der Waals surface area contributed by atoms with Crippen LogP contribution in [0.15, 0.2) is 65.9 Å². The third-order valence-corrected chi connectivity index (χ3v) is 3.32. The molecule has 2 aromatic rings. The van der Waals surface area contributed by atoms with Crippen LogP contribution in [0.2, 0.25) is 0 Å². The summed E-state index contributed by atoms with van der Waals surface area (Å²) in [6.45, 7) is 5.36. The highest BCUT2D eigenvalue weighted by Crippen LogP contribution is 2.25. The van der Waals surface area contributed by atoms with Gasteiger partial charge in [-0.1, -0.05) is 36.9 Å². The average Bonchev–Trinajstić information content (AvgIpc) is 3.11. The SMILES string of the molecule is C=C/C(C(=O)N=O)=C(\C=C/C)c1cc(-c2ccc(C#N)cc2)n[nH]1. The van der Waals surface area contributed by atoms with E-state index in [2.05, 4.69) is 28.0 Å². The van der Waals surface area contributed by atoms with Crippen LogP contribution in [0.25, 0.3) is 16.8 Å².